The fourth-order valence-corrected chi connectivity index (χ4v) is 7.18. The number of furan rings is 2. The second-order valence-electron chi connectivity index (χ2n) is 12.9. The highest BCUT2D eigenvalue weighted by Crippen LogP contribution is 2.41. The van der Waals surface area contributed by atoms with Gasteiger partial charge in [-0.1, -0.05) is 145 Å². The van der Waals surface area contributed by atoms with Crippen molar-refractivity contribution in [2.75, 3.05) is 0 Å². The lowest BCUT2D eigenvalue weighted by atomic mass is 10.0. The van der Waals surface area contributed by atoms with Gasteiger partial charge < -0.3 is 8.83 Å². The normalized spacial score (nSPS) is 14.0. The average molecular weight is 701 g/mol. The zero-order valence-electron chi connectivity index (χ0n) is 37.2. The first kappa shape index (κ1) is 22.5. The molecule has 0 saturated carbocycles. The monoisotopic (exact) mass is 700 g/mol. The van der Waals surface area contributed by atoms with Crippen LogP contribution in [0.5, 0.6) is 0 Å². The Hall–Kier alpha value is -7.37. The molecule has 0 aliphatic rings. The van der Waals surface area contributed by atoms with Crippen molar-refractivity contribution in [2.24, 2.45) is 0 Å². The van der Waals surface area contributed by atoms with Crippen LogP contribution in [0.4, 0.5) is 0 Å². The molecule has 5 heteroatoms. The highest BCUT2D eigenvalue weighted by atomic mass is 16.3. The third-order valence-electron chi connectivity index (χ3n) is 9.71. The van der Waals surface area contributed by atoms with Crippen molar-refractivity contribution < 1.29 is 21.2 Å². The molecule has 0 radical (unpaired) electrons. The van der Waals surface area contributed by atoms with E-state index in [0.717, 1.165) is 38.1 Å². The Morgan fingerprint density at radius 2 is 1.07 bits per heavy atom. The fourth-order valence-electron chi connectivity index (χ4n) is 7.18. The van der Waals surface area contributed by atoms with Crippen molar-refractivity contribution in [1.29, 1.82) is 0 Å². The van der Waals surface area contributed by atoms with E-state index in [-0.39, 0.29) is 23.0 Å². The molecule has 0 unspecified atom stereocenters. The number of benzene rings is 8. The lowest BCUT2D eigenvalue weighted by Crippen LogP contribution is -2.00. The maximum atomic E-state index is 9.32. The first-order valence-corrected chi connectivity index (χ1v) is 17.3. The van der Waals surface area contributed by atoms with E-state index in [2.05, 4.69) is 0 Å². The summed E-state index contributed by atoms with van der Waals surface area (Å²) in [6.07, 6.45) is 0. The van der Waals surface area contributed by atoms with Crippen molar-refractivity contribution in [3.8, 4) is 56.4 Å². The summed E-state index contributed by atoms with van der Waals surface area (Å²) < 4.78 is 91.7. The molecule has 54 heavy (non-hydrogen) atoms. The summed E-state index contributed by atoms with van der Waals surface area (Å²) in [6.45, 7) is 0. The molecule has 0 spiro atoms. The van der Waals surface area contributed by atoms with Gasteiger partial charge in [-0.2, -0.15) is 0 Å². The van der Waals surface area contributed by atoms with E-state index < -0.39 is 65.5 Å². The van der Waals surface area contributed by atoms with Crippen LogP contribution in [-0.2, 0) is 0 Å². The van der Waals surface area contributed by atoms with Gasteiger partial charge in [-0.05, 0) is 58.0 Å². The van der Waals surface area contributed by atoms with Gasteiger partial charge in [0.05, 0.1) is 17.9 Å². The van der Waals surface area contributed by atoms with Crippen LogP contribution in [0, 0.1) is 0 Å². The highest BCUT2D eigenvalue weighted by molar-refractivity contribution is 6.17. The average Bonchev–Trinajstić information content (AvgIpc) is 3.90. The third kappa shape index (κ3) is 4.90. The second kappa shape index (κ2) is 12.1. The SMILES string of the molecule is [2H]c1c([2H])c([2H])c(-c2c([2H])c([2H])c(-c3nc(-c4cccc5c4oc4c6ccccc6ccc54)nc(-c4cccc5oc6ccc(-c7ccccc7)cc6c45)n3)c([2H])c2[2H])c([2H])c1[2H]. The largest absolute Gasteiger partial charge is 0.456 e. The maximum Gasteiger partial charge on any atom is 0.167 e. The van der Waals surface area contributed by atoms with E-state index in [4.69, 9.17) is 33.4 Å². The van der Waals surface area contributed by atoms with Crippen molar-refractivity contribution in [3.05, 3.63) is 176 Å². The molecule has 0 aliphatic carbocycles. The Bertz CT molecular complexity index is 3700. The van der Waals surface area contributed by atoms with Gasteiger partial charge in [-0.15, -0.1) is 0 Å². The number of hydrogen-bond acceptors (Lipinski definition) is 5. The predicted octanol–water partition coefficient (Wildman–Crippen LogP) is 13.2. The molecule has 252 valence electrons. The summed E-state index contributed by atoms with van der Waals surface area (Å²) in [5, 5.41) is 5.11. The Kier molecular flexibility index (Phi) is 5.06. The van der Waals surface area contributed by atoms with Crippen LogP contribution >= 0.6 is 0 Å². The summed E-state index contributed by atoms with van der Waals surface area (Å²) >= 11 is 0. The van der Waals surface area contributed by atoms with Crippen molar-refractivity contribution in [3.63, 3.8) is 0 Å². The number of rotatable bonds is 5. The molecule has 0 fully saturated rings. The van der Waals surface area contributed by atoms with E-state index in [9.17, 15) is 2.74 Å². The maximum absolute atomic E-state index is 9.32. The molecule has 0 amide bonds. The number of hydrogen-bond donors (Lipinski definition) is 0. The van der Waals surface area contributed by atoms with Gasteiger partial charge in [-0.3, -0.25) is 0 Å². The summed E-state index contributed by atoms with van der Waals surface area (Å²) in [4.78, 5) is 14.8. The lowest BCUT2D eigenvalue weighted by Gasteiger charge is -2.10. The van der Waals surface area contributed by atoms with Gasteiger partial charge in [0.25, 0.3) is 0 Å². The molecule has 3 heterocycles. The molecule has 0 saturated heterocycles. The Balaban J connectivity index is 1.20. The van der Waals surface area contributed by atoms with E-state index >= 15 is 0 Å². The molecule has 5 nitrogen and oxygen atoms in total. The molecule has 8 aromatic carbocycles. The smallest absolute Gasteiger partial charge is 0.167 e. The first-order valence-electron chi connectivity index (χ1n) is 21.8. The van der Waals surface area contributed by atoms with Gasteiger partial charge in [0.1, 0.15) is 22.3 Å². The molecular formula is C49H29N3O2. The topological polar surface area (TPSA) is 65.0 Å². The molecule has 11 aromatic rings. The zero-order chi connectivity index (χ0) is 43.4. The minimum atomic E-state index is -0.664. The van der Waals surface area contributed by atoms with Crippen LogP contribution in [0.1, 0.15) is 12.3 Å². The van der Waals surface area contributed by atoms with Crippen LogP contribution in [0.25, 0.3) is 111 Å². The van der Waals surface area contributed by atoms with Crippen LogP contribution in [0.15, 0.2) is 185 Å². The summed E-state index contributed by atoms with van der Waals surface area (Å²) in [5.41, 5.74) is 4.21. The fraction of sp³-hybridized carbons (Fsp3) is 0. The zero-order valence-corrected chi connectivity index (χ0v) is 28.2. The van der Waals surface area contributed by atoms with Crippen LogP contribution in [-0.4, -0.2) is 15.0 Å². The molecule has 0 bridgehead atoms. The molecule has 11 rings (SSSR count). The molecule has 0 atom stereocenters. The summed E-state index contributed by atoms with van der Waals surface area (Å²) in [7, 11) is 0. The van der Waals surface area contributed by atoms with Crippen molar-refractivity contribution >= 4 is 54.6 Å². The Morgan fingerprint density at radius 1 is 0.389 bits per heavy atom. The van der Waals surface area contributed by atoms with Gasteiger partial charge in [0.15, 0.2) is 17.5 Å². The number of fused-ring (bicyclic) bond motifs is 8. The molecule has 0 aliphatic heterocycles. The second-order valence-corrected chi connectivity index (χ2v) is 12.9. The Morgan fingerprint density at radius 3 is 1.94 bits per heavy atom. The van der Waals surface area contributed by atoms with Crippen molar-refractivity contribution in [2.45, 2.75) is 0 Å². The quantitative estimate of drug-likeness (QED) is 0.179. The van der Waals surface area contributed by atoms with Gasteiger partial charge in [-0.25, -0.2) is 15.0 Å². The Labute approximate surface area is 322 Å². The van der Waals surface area contributed by atoms with Gasteiger partial charge in [0.2, 0.25) is 0 Å². The van der Waals surface area contributed by atoms with Crippen LogP contribution in [0.2, 0.25) is 0 Å². The lowest BCUT2D eigenvalue weighted by molar-refractivity contribution is 0.669. The van der Waals surface area contributed by atoms with Gasteiger partial charge in [0, 0.05) is 38.1 Å². The van der Waals surface area contributed by atoms with E-state index in [1.165, 1.54) is 0 Å². The number of aromatic nitrogens is 3. The van der Waals surface area contributed by atoms with Crippen molar-refractivity contribution in [1.82, 2.24) is 15.0 Å². The molecular weight excluding hydrogens is 663 g/mol. The third-order valence-corrected chi connectivity index (χ3v) is 9.71. The molecule has 0 N–H and O–H groups in total. The summed E-state index contributed by atoms with van der Waals surface area (Å²) in [5.74, 6) is 0.0942. The number of para-hydroxylation sites is 1. The number of nitrogens with zero attached hydrogens (tertiary/aromatic N) is 3. The molecule has 3 aromatic heterocycles. The van der Waals surface area contributed by atoms with E-state index in [1.54, 1.807) is 0 Å². The van der Waals surface area contributed by atoms with E-state index in [1.807, 2.05) is 121 Å². The standard InChI is InChI=1S/C49H29N3O2/c1-3-11-30(12-4-1)32-21-23-34(24-22-32)47-50-48(39-18-10-20-43-44(39)41-29-35(26-28-42(41)53-43)31-13-5-2-6-14-31)52-49(51-47)40-19-9-17-37-38-27-25-33-15-7-8-16-36(33)45(38)54-46(37)40/h1-29H/i1D,3D,4D,11D,12D,21D,22D,23D,24D. The minimum Gasteiger partial charge on any atom is -0.456 e. The minimum absolute atomic E-state index is 0.130. The van der Waals surface area contributed by atoms with Crippen LogP contribution < -0.4 is 0 Å². The van der Waals surface area contributed by atoms with E-state index in [0.29, 0.717) is 38.8 Å². The first-order chi connectivity index (χ1) is 30.5. The van der Waals surface area contributed by atoms with Crippen LogP contribution in [0.3, 0.4) is 0 Å². The summed E-state index contributed by atoms with van der Waals surface area (Å²) in [6, 6.07) is 33.3. The predicted molar refractivity (Wildman–Crippen MR) is 219 cm³/mol. The van der Waals surface area contributed by atoms with Gasteiger partial charge >= 0.3 is 0 Å². The highest BCUT2D eigenvalue weighted by Gasteiger charge is 2.21.